The van der Waals surface area contributed by atoms with Crippen molar-refractivity contribution in [1.29, 1.82) is 5.41 Å². The number of amidine groups is 1. The molecule has 0 unspecified atom stereocenters. The molecule has 0 aliphatic rings. The standard InChI is InChI=1S/C13H12N4O.ClH/c14-12(15)9-3-5-11(6-4-9)17-13(18)10-2-1-7-16-8-10;/h1-8H,(H3,14,15)(H,17,18);1H. The molecule has 0 spiro atoms. The summed E-state index contributed by atoms with van der Waals surface area (Å²) in [6.07, 6.45) is 3.11. The number of carbonyl (C=O) groups excluding carboxylic acids is 1. The van der Waals surface area contributed by atoms with Gasteiger partial charge in [-0.1, -0.05) is 0 Å². The Morgan fingerprint density at radius 3 is 2.37 bits per heavy atom. The van der Waals surface area contributed by atoms with Gasteiger partial charge in [-0.3, -0.25) is 15.2 Å². The van der Waals surface area contributed by atoms with Crippen LogP contribution in [-0.4, -0.2) is 16.7 Å². The van der Waals surface area contributed by atoms with E-state index < -0.39 is 0 Å². The number of anilines is 1. The van der Waals surface area contributed by atoms with Crippen LogP contribution in [-0.2, 0) is 0 Å². The van der Waals surface area contributed by atoms with Crippen molar-refractivity contribution in [3.05, 3.63) is 59.9 Å². The Hall–Kier alpha value is -2.40. The van der Waals surface area contributed by atoms with E-state index in [-0.39, 0.29) is 24.1 Å². The molecule has 1 aromatic heterocycles. The van der Waals surface area contributed by atoms with Gasteiger partial charge in [-0.15, -0.1) is 12.4 Å². The Morgan fingerprint density at radius 1 is 1.16 bits per heavy atom. The molecule has 98 valence electrons. The van der Waals surface area contributed by atoms with Crippen molar-refractivity contribution >= 4 is 29.8 Å². The number of pyridine rings is 1. The minimum atomic E-state index is -0.223. The quantitative estimate of drug-likeness (QED) is 0.592. The van der Waals surface area contributed by atoms with Gasteiger partial charge in [-0.25, -0.2) is 0 Å². The lowest BCUT2D eigenvalue weighted by molar-refractivity contribution is 0.102. The Balaban J connectivity index is 0.00000180. The predicted octanol–water partition coefficient (Wildman–Crippen LogP) is 2.04. The smallest absolute Gasteiger partial charge is 0.257 e. The van der Waals surface area contributed by atoms with Crippen LogP contribution < -0.4 is 11.1 Å². The van der Waals surface area contributed by atoms with Crippen LogP contribution in [0.3, 0.4) is 0 Å². The first-order chi connectivity index (χ1) is 8.66. The van der Waals surface area contributed by atoms with Gasteiger partial charge in [0.1, 0.15) is 5.84 Å². The predicted molar refractivity (Wildman–Crippen MR) is 76.9 cm³/mol. The minimum Gasteiger partial charge on any atom is -0.384 e. The summed E-state index contributed by atoms with van der Waals surface area (Å²) in [5.74, 6) is -0.223. The molecule has 0 aliphatic heterocycles. The van der Waals surface area contributed by atoms with E-state index >= 15 is 0 Å². The van der Waals surface area contributed by atoms with E-state index in [1.54, 1.807) is 42.6 Å². The van der Waals surface area contributed by atoms with Gasteiger partial charge in [0.2, 0.25) is 0 Å². The van der Waals surface area contributed by atoms with Gasteiger partial charge in [0.25, 0.3) is 5.91 Å². The number of amides is 1. The highest BCUT2D eigenvalue weighted by atomic mass is 35.5. The number of hydrogen-bond acceptors (Lipinski definition) is 3. The van der Waals surface area contributed by atoms with Crippen LogP contribution in [0.5, 0.6) is 0 Å². The average molecular weight is 277 g/mol. The van der Waals surface area contributed by atoms with Gasteiger partial charge in [0.05, 0.1) is 5.56 Å². The summed E-state index contributed by atoms with van der Waals surface area (Å²) in [4.78, 5) is 15.7. The summed E-state index contributed by atoms with van der Waals surface area (Å²) in [5, 5.41) is 10.00. The largest absolute Gasteiger partial charge is 0.384 e. The fourth-order valence-corrected chi connectivity index (χ4v) is 1.43. The number of benzene rings is 1. The molecule has 1 aromatic carbocycles. The van der Waals surface area contributed by atoms with Crippen molar-refractivity contribution in [2.75, 3.05) is 5.32 Å². The van der Waals surface area contributed by atoms with Crippen LogP contribution in [0.15, 0.2) is 48.8 Å². The lowest BCUT2D eigenvalue weighted by Gasteiger charge is -2.05. The second-order valence-electron chi connectivity index (χ2n) is 3.69. The van der Waals surface area contributed by atoms with Crippen LogP contribution in [0.2, 0.25) is 0 Å². The third-order valence-electron chi connectivity index (χ3n) is 2.38. The number of nitrogens with two attached hydrogens (primary N) is 1. The van der Waals surface area contributed by atoms with Crippen LogP contribution in [0.1, 0.15) is 15.9 Å². The molecule has 5 nitrogen and oxygen atoms in total. The highest BCUT2D eigenvalue weighted by molar-refractivity contribution is 6.04. The zero-order valence-electron chi connectivity index (χ0n) is 9.96. The molecular formula is C13H13ClN4O. The van der Waals surface area contributed by atoms with E-state index in [0.29, 0.717) is 16.8 Å². The molecule has 0 saturated carbocycles. The van der Waals surface area contributed by atoms with Crippen LogP contribution in [0, 0.1) is 5.41 Å². The Kier molecular flexibility index (Phi) is 5.02. The maximum Gasteiger partial charge on any atom is 0.257 e. The summed E-state index contributed by atoms with van der Waals surface area (Å²) in [5.41, 5.74) is 7.10. The number of rotatable bonds is 3. The molecule has 1 heterocycles. The third-order valence-corrected chi connectivity index (χ3v) is 2.38. The topological polar surface area (TPSA) is 91.9 Å². The van der Waals surface area contributed by atoms with E-state index in [1.807, 2.05) is 0 Å². The van der Waals surface area contributed by atoms with Gasteiger partial charge < -0.3 is 11.1 Å². The molecule has 0 fully saturated rings. The summed E-state index contributed by atoms with van der Waals surface area (Å²) >= 11 is 0. The molecule has 0 saturated heterocycles. The third kappa shape index (κ3) is 3.79. The minimum absolute atomic E-state index is 0. The molecule has 19 heavy (non-hydrogen) atoms. The molecule has 0 radical (unpaired) electrons. The fraction of sp³-hybridized carbons (Fsp3) is 0. The van der Waals surface area contributed by atoms with E-state index in [9.17, 15) is 4.79 Å². The molecule has 0 aliphatic carbocycles. The molecule has 2 rings (SSSR count). The van der Waals surface area contributed by atoms with Crippen molar-refractivity contribution in [3.8, 4) is 0 Å². The van der Waals surface area contributed by atoms with Gasteiger partial charge in [-0.05, 0) is 36.4 Å². The zero-order chi connectivity index (χ0) is 13.0. The second-order valence-corrected chi connectivity index (χ2v) is 3.69. The number of nitrogens with one attached hydrogen (secondary N) is 2. The summed E-state index contributed by atoms with van der Waals surface area (Å²) < 4.78 is 0. The first-order valence-corrected chi connectivity index (χ1v) is 5.32. The van der Waals surface area contributed by atoms with E-state index in [2.05, 4.69) is 10.3 Å². The number of halogens is 1. The van der Waals surface area contributed by atoms with Crippen molar-refractivity contribution < 1.29 is 4.79 Å². The highest BCUT2D eigenvalue weighted by Crippen LogP contribution is 2.10. The number of hydrogen-bond donors (Lipinski definition) is 3. The van der Waals surface area contributed by atoms with Gasteiger partial charge in [-0.2, -0.15) is 0 Å². The summed E-state index contributed by atoms with van der Waals surface area (Å²) in [6, 6.07) is 10.2. The van der Waals surface area contributed by atoms with Gasteiger partial charge in [0, 0.05) is 23.6 Å². The first-order valence-electron chi connectivity index (χ1n) is 5.32. The van der Waals surface area contributed by atoms with Crippen LogP contribution in [0.4, 0.5) is 5.69 Å². The monoisotopic (exact) mass is 276 g/mol. The van der Waals surface area contributed by atoms with E-state index in [4.69, 9.17) is 11.1 Å². The second kappa shape index (κ2) is 6.51. The molecule has 1 amide bonds. The number of aromatic nitrogens is 1. The fourth-order valence-electron chi connectivity index (χ4n) is 1.43. The Labute approximate surface area is 116 Å². The lowest BCUT2D eigenvalue weighted by Crippen LogP contribution is -2.13. The number of nitrogens with zero attached hydrogens (tertiary/aromatic N) is 1. The summed E-state index contributed by atoms with van der Waals surface area (Å²) in [7, 11) is 0. The maximum atomic E-state index is 11.8. The van der Waals surface area contributed by atoms with Crippen molar-refractivity contribution in [3.63, 3.8) is 0 Å². The van der Waals surface area contributed by atoms with Crippen LogP contribution in [0.25, 0.3) is 0 Å². The van der Waals surface area contributed by atoms with E-state index in [0.717, 1.165) is 0 Å². The molecule has 0 bridgehead atoms. The highest BCUT2D eigenvalue weighted by Gasteiger charge is 2.05. The summed E-state index contributed by atoms with van der Waals surface area (Å²) in [6.45, 7) is 0. The van der Waals surface area contributed by atoms with Crippen molar-refractivity contribution in [2.24, 2.45) is 5.73 Å². The molecule has 4 N–H and O–H groups in total. The molecular weight excluding hydrogens is 264 g/mol. The Morgan fingerprint density at radius 2 is 1.84 bits per heavy atom. The molecule has 6 heteroatoms. The molecule has 0 atom stereocenters. The number of nitrogen functional groups attached to an aromatic ring is 1. The number of carbonyl (C=O) groups is 1. The van der Waals surface area contributed by atoms with Crippen molar-refractivity contribution in [2.45, 2.75) is 0 Å². The first kappa shape index (κ1) is 14.7. The van der Waals surface area contributed by atoms with Gasteiger partial charge in [0.15, 0.2) is 0 Å². The SMILES string of the molecule is Cl.N=C(N)c1ccc(NC(=O)c2cccnc2)cc1. The average Bonchev–Trinajstić information content (AvgIpc) is 2.40. The van der Waals surface area contributed by atoms with E-state index in [1.165, 1.54) is 6.20 Å². The van der Waals surface area contributed by atoms with Gasteiger partial charge >= 0.3 is 0 Å². The van der Waals surface area contributed by atoms with Crippen molar-refractivity contribution in [1.82, 2.24) is 4.98 Å². The lowest BCUT2D eigenvalue weighted by atomic mass is 10.2. The maximum absolute atomic E-state index is 11.8. The Bertz CT molecular complexity index is 569. The molecule has 2 aromatic rings. The zero-order valence-corrected chi connectivity index (χ0v) is 10.8. The normalized spacial score (nSPS) is 9.26. The van der Waals surface area contributed by atoms with Crippen LogP contribution >= 0.6 is 12.4 Å².